The lowest BCUT2D eigenvalue weighted by Crippen LogP contribution is -2.14. The van der Waals surface area contributed by atoms with Crippen LogP contribution in [0.15, 0.2) is 24.8 Å². The maximum atomic E-state index is 13.1. The normalized spacial score (nSPS) is 19.1. The van der Waals surface area contributed by atoms with Gasteiger partial charge in [-0.1, -0.05) is 12.6 Å². The molecule has 3 heteroatoms. The van der Waals surface area contributed by atoms with E-state index >= 15 is 0 Å². The molecule has 1 aliphatic heterocycles. The third-order valence-corrected chi connectivity index (χ3v) is 3.60. The quantitative estimate of drug-likeness (QED) is 0.778. The van der Waals surface area contributed by atoms with Crippen LogP contribution >= 0.6 is 12.6 Å². The van der Waals surface area contributed by atoms with Crippen molar-refractivity contribution in [3.05, 3.63) is 41.7 Å². The number of hydrogen-bond donors (Lipinski definition) is 2. The molecular weight excluding hydrogens is 257 g/mol. The minimum absolute atomic E-state index is 0.165. The van der Waals surface area contributed by atoms with Gasteiger partial charge in [-0.15, -0.1) is 0 Å². The highest BCUT2D eigenvalue weighted by molar-refractivity contribution is 7.79. The van der Waals surface area contributed by atoms with E-state index in [0.717, 1.165) is 30.6 Å². The lowest BCUT2D eigenvalue weighted by molar-refractivity contribution is 0.591. The zero-order valence-electron chi connectivity index (χ0n) is 11.9. The molecule has 1 saturated heterocycles. The van der Waals surface area contributed by atoms with Crippen molar-refractivity contribution < 1.29 is 4.39 Å². The second-order valence-electron chi connectivity index (χ2n) is 4.86. The Labute approximate surface area is 121 Å². The molecule has 0 spiro atoms. The molecule has 1 unspecified atom stereocenters. The monoisotopic (exact) mass is 281 g/mol. The Morgan fingerprint density at radius 3 is 2.74 bits per heavy atom. The van der Waals surface area contributed by atoms with Crippen molar-refractivity contribution in [2.45, 2.75) is 26.2 Å². The largest absolute Gasteiger partial charge is 0.317 e. The standard InChI is InChI=1S/C15H20FN.CH4S/c1-11-10-14(16)5-6-15(11)12(2)13-4-3-8-17-9-7-13;1-2/h5-6,10,13,17H,2-4,7-9H2,1H3;2H,1H3. The van der Waals surface area contributed by atoms with E-state index < -0.39 is 0 Å². The van der Waals surface area contributed by atoms with E-state index in [4.69, 9.17) is 0 Å². The van der Waals surface area contributed by atoms with Gasteiger partial charge < -0.3 is 5.32 Å². The van der Waals surface area contributed by atoms with Gasteiger partial charge in [0.05, 0.1) is 0 Å². The second kappa shape index (κ2) is 8.39. The predicted octanol–water partition coefficient (Wildman–Crippen LogP) is 4.08. The molecule has 1 atom stereocenters. The van der Waals surface area contributed by atoms with E-state index in [1.165, 1.54) is 24.5 Å². The van der Waals surface area contributed by atoms with Gasteiger partial charge in [0, 0.05) is 0 Å². The summed E-state index contributed by atoms with van der Waals surface area (Å²) in [4.78, 5) is 0. The molecule has 0 aliphatic carbocycles. The number of benzene rings is 1. The lowest BCUT2D eigenvalue weighted by Gasteiger charge is -2.19. The third kappa shape index (κ3) is 4.66. The molecule has 19 heavy (non-hydrogen) atoms. The van der Waals surface area contributed by atoms with E-state index in [0.29, 0.717) is 5.92 Å². The summed E-state index contributed by atoms with van der Waals surface area (Å²) in [5.41, 5.74) is 3.29. The maximum Gasteiger partial charge on any atom is 0.123 e. The fourth-order valence-corrected chi connectivity index (χ4v) is 2.57. The molecule has 1 aromatic rings. The SMILES string of the molecule is C=C(c1ccc(F)cc1C)C1CCCNCC1.CS. The fraction of sp³-hybridized carbons (Fsp3) is 0.500. The molecule has 1 N–H and O–H groups in total. The van der Waals surface area contributed by atoms with Gasteiger partial charge in [-0.3, -0.25) is 0 Å². The number of nitrogens with one attached hydrogen (secondary N) is 1. The minimum atomic E-state index is -0.165. The van der Waals surface area contributed by atoms with Gasteiger partial charge in [-0.25, -0.2) is 4.39 Å². The number of halogens is 1. The van der Waals surface area contributed by atoms with Gasteiger partial charge in [0.2, 0.25) is 0 Å². The summed E-state index contributed by atoms with van der Waals surface area (Å²) >= 11 is 3.53. The van der Waals surface area contributed by atoms with Crippen molar-refractivity contribution >= 4 is 18.2 Å². The summed E-state index contributed by atoms with van der Waals surface area (Å²) in [6, 6.07) is 4.99. The molecule has 1 fully saturated rings. The summed E-state index contributed by atoms with van der Waals surface area (Å²) < 4.78 is 13.1. The first-order valence-electron chi connectivity index (χ1n) is 6.79. The first-order chi connectivity index (χ1) is 9.18. The number of allylic oxidation sites excluding steroid dienone is 1. The molecular formula is C16H24FNS. The van der Waals surface area contributed by atoms with Crippen LogP contribution in [0.25, 0.3) is 5.57 Å². The van der Waals surface area contributed by atoms with Crippen LogP contribution in [0.4, 0.5) is 4.39 Å². The van der Waals surface area contributed by atoms with Crippen molar-refractivity contribution in [2.24, 2.45) is 5.92 Å². The van der Waals surface area contributed by atoms with Gasteiger partial charge in [0.15, 0.2) is 0 Å². The summed E-state index contributed by atoms with van der Waals surface area (Å²) in [5, 5.41) is 3.41. The van der Waals surface area contributed by atoms with Crippen LogP contribution in [0.2, 0.25) is 0 Å². The molecule has 1 heterocycles. The van der Waals surface area contributed by atoms with Crippen molar-refractivity contribution in [3.8, 4) is 0 Å². The number of thiol groups is 1. The zero-order valence-corrected chi connectivity index (χ0v) is 12.8. The highest BCUT2D eigenvalue weighted by Gasteiger charge is 2.17. The van der Waals surface area contributed by atoms with Crippen LogP contribution in [0.1, 0.15) is 30.4 Å². The third-order valence-electron chi connectivity index (χ3n) is 3.60. The van der Waals surface area contributed by atoms with E-state index in [1.807, 2.05) is 13.0 Å². The highest BCUT2D eigenvalue weighted by atomic mass is 32.1. The number of aryl methyl sites for hydroxylation is 1. The van der Waals surface area contributed by atoms with Crippen LogP contribution in [0.5, 0.6) is 0 Å². The first kappa shape index (κ1) is 16.3. The molecule has 0 amide bonds. The summed E-state index contributed by atoms with van der Waals surface area (Å²) in [7, 11) is 0. The van der Waals surface area contributed by atoms with E-state index in [-0.39, 0.29) is 5.82 Å². The van der Waals surface area contributed by atoms with Crippen LogP contribution in [-0.4, -0.2) is 19.3 Å². The summed E-state index contributed by atoms with van der Waals surface area (Å²) in [6.07, 6.45) is 5.21. The second-order valence-corrected chi connectivity index (χ2v) is 4.86. The molecule has 1 aromatic carbocycles. The molecule has 0 bridgehead atoms. The van der Waals surface area contributed by atoms with Crippen LogP contribution in [0, 0.1) is 18.7 Å². The Bertz CT molecular complexity index is 409. The van der Waals surface area contributed by atoms with Crippen molar-refractivity contribution in [3.63, 3.8) is 0 Å². The molecule has 0 aromatic heterocycles. The van der Waals surface area contributed by atoms with E-state index in [9.17, 15) is 4.39 Å². The lowest BCUT2D eigenvalue weighted by atomic mass is 9.86. The van der Waals surface area contributed by atoms with Crippen LogP contribution in [0.3, 0.4) is 0 Å². The molecule has 106 valence electrons. The van der Waals surface area contributed by atoms with Crippen LogP contribution < -0.4 is 5.32 Å². The van der Waals surface area contributed by atoms with Crippen LogP contribution in [-0.2, 0) is 0 Å². The van der Waals surface area contributed by atoms with E-state index in [1.54, 1.807) is 12.3 Å². The van der Waals surface area contributed by atoms with Crippen molar-refractivity contribution in [1.82, 2.24) is 5.32 Å². The first-order valence-corrected chi connectivity index (χ1v) is 7.68. The average Bonchev–Trinajstić information content (AvgIpc) is 2.69. The minimum Gasteiger partial charge on any atom is -0.317 e. The molecule has 0 saturated carbocycles. The Hall–Kier alpha value is -0.800. The topological polar surface area (TPSA) is 12.0 Å². The Morgan fingerprint density at radius 2 is 2.05 bits per heavy atom. The maximum absolute atomic E-state index is 13.1. The smallest absolute Gasteiger partial charge is 0.123 e. The van der Waals surface area contributed by atoms with Gasteiger partial charge in [0.25, 0.3) is 0 Å². The molecule has 0 radical (unpaired) electrons. The van der Waals surface area contributed by atoms with Crippen molar-refractivity contribution in [2.75, 3.05) is 19.3 Å². The Morgan fingerprint density at radius 1 is 1.32 bits per heavy atom. The molecule has 2 rings (SSSR count). The zero-order chi connectivity index (χ0) is 14.3. The molecule has 1 nitrogen and oxygen atoms in total. The Kier molecular flexibility index (Phi) is 7.17. The number of hydrogen-bond acceptors (Lipinski definition) is 2. The number of rotatable bonds is 2. The van der Waals surface area contributed by atoms with E-state index in [2.05, 4.69) is 24.5 Å². The van der Waals surface area contributed by atoms with Gasteiger partial charge >= 0.3 is 0 Å². The highest BCUT2D eigenvalue weighted by Crippen LogP contribution is 2.31. The predicted molar refractivity (Wildman–Crippen MR) is 85.3 cm³/mol. The van der Waals surface area contributed by atoms with Gasteiger partial charge in [-0.05, 0) is 80.3 Å². The fourth-order valence-electron chi connectivity index (χ4n) is 2.57. The molecule has 1 aliphatic rings. The summed E-state index contributed by atoms with van der Waals surface area (Å²) in [6.45, 7) is 8.35. The van der Waals surface area contributed by atoms with Crippen molar-refractivity contribution in [1.29, 1.82) is 0 Å². The Balaban J connectivity index is 0.000000861. The summed E-state index contributed by atoms with van der Waals surface area (Å²) in [5.74, 6) is 0.371. The average molecular weight is 281 g/mol. The van der Waals surface area contributed by atoms with Gasteiger partial charge in [-0.2, -0.15) is 12.6 Å². The van der Waals surface area contributed by atoms with Gasteiger partial charge in [0.1, 0.15) is 5.82 Å².